The maximum absolute atomic E-state index is 12.7. The summed E-state index contributed by atoms with van der Waals surface area (Å²) in [5.74, 6) is -2.35. The van der Waals surface area contributed by atoms with Gasteiger partial charge in [0.15, 0.2) is 6.29 Å². The molecule has 8 nitrogen and oxygen atoms in total. The Hall–Kier alpha value is -3.49. The van der Waals surface area contributed by atoms with E-state index in [1.165, 1.54) is 6.92 Å². The lowest BCUT2D eigenvalue weighted by atomic mass is 9.85. The van der Waals surface area contributed by atoms with E-state index in [1.807, 2.05) is 37.3 Å². The standard InChI is InChI=1S/C29H34O8/c1-17(2)22(13-25-19(4)16-34-29(37-25)21-9-7-6-8-10-21)14-26(35-20(5)30)24-15-23(36-28(24)33)11-18(3)12-27(31)32/h6-10,12,15,22-23,25-26,29H,1,4,11,13-14,16H2,2-3,5H3,(H,31,32)/b18-12+/t22-,23-,25?,26?,29?/m1/s1. The van der Waals surface area contributed by atoms with Crippen molar-refractivity contribution in [1.29, 1.82) is 0 Å². The van der Waals surface area contributed by atoms with Crippen LogP contribution in [-0.4, -0.2) is 47.9 Å². The monoisotopic (exact) mass is 510 g/mol. The van der Waals surface area contributed by atoms with Crippen molar-refractivity contribution >= 4 is 17.9 Å². The predicted octanol–water partition coefficient (Wildman–Crippen LogP) is 4.83. The van der Waals surface area contributed by atoms with Crippen molar-refractivity contribution in [1.82, 2.24) is 0 Å². The fourth-order valence-electron chi connectivity index (χ4n) is 4.46. The predicted molar refractivity (Wildman–Crippen MR) is 136 cm³/mol. The van der Waals surface area contributed by atoms with Gasteiger partial charge in [-0.2, -0.15) is 0 Å². The molecule has 3 rings (SSSR count). The van der Waals surface area contributed by atoms with Crippen LogP contribution < -0.4 is 0 Å². The van der Waals surface area contributed by atoms with E-state index in [9.17, 15) is 14.4 Å². The molecule has 5 atom stereocenters. The summed E-state index contributed by atoms with van der Waals surface area (Å²) >= 11 is 0. The summed E-state index contributed by atoms with van der Waals surface area (Å²) in [5.41, 5.74) is 3.34. The van der Waals surface area contributed by atoms with E-state index in [-0.39, 0.29) is 24.0 Å². The molecule has 3 unspecified atom stereocenters. The molecule has 1 N–H and O–H groups in total. The number of hydrogen-bond acceptors (Lipinski definition) is 7. The molecule has 0 radical (unpaired) electrons. The van der Waals surface area contributed by atoms with E-state index in [0.29, 0.717) is 25.0 Å². The van der Waals surface area contributed by atoms with Crippen molar-refractivity contribution < 1.29 is 38.4 Å². The van der Waals surface area contributed by atoms with Crippen LogP contribution in [0.1, 0.15) is 51.9 Å². The first kappa shape index (κ1) is 28.1. The van der Waals surface area contributed by atoms with Gasteiger partial charge in [0, 0.05) is 25.0 Å². The fraction of sp³-hybridized carbons (Fsp3) is 0.414. The van der Waals surface area contributed by atoms with Gasteiger partial charge in [-0.15, -0.1) is 0 Å². The minimum atomic E-state index is -1.07. The number of carbonyl (C=O) groups excluding carboxylic acids is 2. The average Bonchev–Trinajstić information content (AvgIpc) is 3.18. The molecule has 0 saturated carbocycles. The summed E-state index contributed by atoms with van der Waals surface area (Å²) in [6, 6.07) is 9.63. The van der Waals surface area contributed by atoms with Gasteiger partial charge in [-0.25, -0.2) is 9.59 Å². The van der Waals surface area contributed by atoms with Gasteiger partial charge in [0.25, 0.3) is 0 Å². The van der Waals surface area contributed by atoms with Crippen LogP contribution in [0.15, 0.2) is 77.9 Å². The average molecular weight is 511 g/mol. The van der Waals surface area contributed by atoms with Crippen molar-refractivity contribution in [2.75, 3.05) is 6.61 Å². The largest absolute Gasteiger partial charge is 0.478 e. The molecule has 0 spiro atoms. The maximum atomic E-state index is 12.7. The molecule has 37 heavy (non-hydrogen) atoms. The molecular weight excluding hydrogens is 476 g/mol. The number of carboxylic acids is 1. The van der Waals surface area contributed by atoms with Gasteiger partial charge in [0.05, 0.1) is 18.3 Å². The number of ether oxygens (including phenoxy) is 4. The summed E-state index contributed by atoms with van der Waals surface area (Å²) in [7, 11) is 0. The Labute approximate surface area is 217 Å². The number of cyclic esters (lactones) is 1. The number of rotatable bonds is 11. The van der Waals surface area contributed by atoms with E-state index in [0.717, 1.165) is 22.8 Å². The molecule has 0 bridgehead atoms. The van der Waals surface area contributed by atoms with Gasteiger partial charge in [-0.1, -0.05) is 54.6 Å². The minimum absolute atomic E-state index is 0.165. The number of benzene rings is 1. The Balaban J connectivity index is 1.76. The summed E-state index contributed by atoms with van der Waals surface area (Å²) in [6.07, 6.45) is 1.41. The van der Waals surface area contributed by atoms with E-state index in [4.69, 9.17) is 24.1 Å². The number of esters is 2. The third kappa shape index (κ3) is 8.00. The first-order valence-electron chi connectivity index (χ1n) is 12.2. The molecule has 8 heteroatoms. The van der Waals surface area contributed by atoms with Crippen molar-refractivity contribution in [3.05, 3.63) is 83.5 Å². The lowest BCUT2D eigenvalue weighted by Gasteiger charge is -2.35. The lowest BCUT2D eigenvalue weighted by molar-refractivity contribution is -0.195. The SMILES string of the molecule is C=C1COC(c2ccccc2)OC1C[C@H](CC(OC(C)=O)C1=C[C@@H](C/C(C)=C/C(=O)O)OC1=O)C(=C)C. The summed E-state index contributed by atoms with van der Waals surface area (Å²) in [5, 5.41) is 8.95. The first-order valence-corrected chi connectivity index (χ1v) is 12.2. The Bertz CT molecular complexity index is 1100. The van der Waals surface area contributed by atoms with Gasteiger partial charge in [0.2, 0.25) is 0 Å². The molecule has 198 valence electrons. The van der Waals surface area contributed by atoms with Gasteiger partial charge in [-0.3, -0.25) is 4.79 Å². The van der Waals surface area contributed by atoms with Crippen molar-refractivity contribution in [3.63, 3.8) is 0 Å². The zero-order valence-electron chi connectivity index (χ0n) is 21.5. The van der Waals surface area contributed by atoms with Crippen LogP contribution in [-0.2, 0) is 33.3 Å². The zero-order chi connectivity index (χ0) is 27.1. The molecule has 0 aromatic heterocycles. The highest BCUT2D eigenvalue weighted by atomic mass is 16.7. The second kappa shape index (κ2) is 12.7. The normalized spacial score (nSPS) is 23.6. The topological polar surface area (TPSA) is 108 Å². The van der Waals surface area contributed by atoms with Crippen LogP contribution in [0.2, 0.25) is 0 Å². The molecule has 1 aromatic carbocycles. The molecule has 0 amide bonds. The summed E-state index contributed by atoms with van der Waals surface area (Å²) in [4.78, 5) is 35.6. The van der Waals surface area contributed by atoms with Crippen LogP contribution in [0.5, 0.6) is 0 Å². The zero-order valence-corrected chi connectivity index (χ0v) is 21.5. The number of carboxylic acid groups (broad SMARTS) is 1. The van der Waals surface area contributed by atoms with Gasteiger partial charge in [-0.05, 0) is 44.3 Å². The van der Waals surface area contributed by atoms with E-state index in [2.05, 4.69) is 13.2 Å². The minimum Gasteiger partial charge on any atom is -0.478 e. The van der Waals surface area contributed by atoms with Gasteiger partial charge >= 0.3 is 17.9 Å². The molecular formula is C29H34O8. The quantitative estimate of drug-likeness (QED) is 0.256. The molecule has 1 aromatic rings. The fourth-order valence-corrected chi connectivity index (χ4v) is 4.46. The first-order chi connectivity index (χ1) is 17.5. The van der Waals surface area contributed by atoms with Crippen LogP contribution >= 0.6 is 0 Å². The Kier molecular flexibility index (Phi) is 9.60. The van der Waals surface area contributed by atoms with Crippen LogP contribution in [0.25, 0.3) is 0 Å². The lowest BCUT2D eigenvalue weighted by Crippen LogP contribution is -2.33. The number of aliphatic carboxylic acids is 1. The van der Waals surface area contributed by atoms with Crippen molar-refractivity contribution in [2.45, 2.75) is 64.6 Å². The van der Waals surface area contributed by atoms with E-state index in [1.54, 1.807) is 13.0 Å². The third-order valence-corrected chi connectivity index (χ3v) is 6.34. The van der Waals surface area contributed by atoms with Crippen molar-refractivity contribution in [3.8, 4) is 0 Å². The van der Waals surface area contributed by atoms with E-state index >= 15 is 0 Å². The highest BCUT2D eigenvalue weighted by Crippen LogP contribution is 2.36. The molecule has 1 saturated heterocycles. The highest BCUT2D eigenvalue weighted by molar-refractivity contribution is 5.92. The molecule has 2 aliphatic heterocycles. The number of carbonyl (C=O) groups is 3. The maximum Gasteiger partial charge on any atom is 0.338 e. The highest BCUT2D eigenvalue weighted by Gasteiger charge is 2.36. The summed E-state index contributed by atoms with van der Waals surface area (Å²) in [6.45, 7) is 13.4. The van der Waals surface area contributed by atoms with Gasteiger partial charge < -0.3 is 24.1 Å². The molecule has 2 aliphatic rings. The summed E-state index contributed by atoms with van der Waals surface area (Å²) < 4.78 is 23.0. The molecule has 1 fully saturated rings. The van der Waals surface area contributed by atoms with Crippen LogP contribution in [0, 0.1) is 5.92 Å². The Morgan fingerprint density at radius 3 is 2.54 bits per heavy atom. The van der Waals surface area contributed by atoms with E-state index < -0.39 is 36.4 Å². The molecule has 0 aliphatic carbocycles. The number of allylic oxidation sites excluding steroid dienone is 1. The molecule has 2 heterocycles. The second-order valence-electron chi connectivity index (χ2n) is 9.55. The smallest absolute Gasteiger partial charge is 0.338 e. The Morgan fingerprint density at radius 2 is 1.92 bits per heavy atom. The van der Waals surface area contributed by atoms with Crippen molar-refractivity contribution in [2.24, 2.45) is 5.92 Å². The van der Waals surface area contributed by atoms with Crippen LogP contribution in [0.3, 0.4) is 0 Å². The van der Waals surface area contributed by atoms with Crippen LogP contribution in [0.4, 0.5) is 0 Å². The third-order valence-electron chi connectivity index (χ3n) is 6.34. The second-order valence-corrected chi connectivity index (χ2v) is 9.55. The Morgan fingerprint density at radius 1 is 1.22 bits per heavy atom. The van der Waals surface area contributed by atoms with Gasteiger partial charge in [0.1, 0.15) is 12.2 Å². The number of hydrogen-bond donors (Lipinski definition) is 1.